The lowest BCUT2D eigenvalue weighted by Crippen LogP contribution is -2.05. The Kier molecular flexibility index (Phi) is 6.54. The van der Waals surface area contributed by atoms with Crippen molar-refractivity contribution in [2.75, 3.05) is 0 Å². The fraction of sp³-hybridized carbons (Fsp3) is 0.138. The van der Waals surface area contributed by atoms with Gasteiger partial charge in [-0.25, -0.2) is 9.78 Å². The Morgan fingerprint density at radius 1 is 0.892 bits per heavy atom. The summed E-state index contributed by atoms with van der Waals surface area (Å²) >= 11 is 6.57. The van der Waals surface area contributed by atoms with Gasteiger partial charge in [0.1, 0.15) is 11.5 Å². The van der Waals surface area contributed by atoms with E-state index in [4.69, 9.17) is 21.1 Å². The molecule has 0 saturated carbocycles. The summed E-state index contributed by atoms with van der Waals surface area (Å²) in [4.78, 5) is 23.5. The van der Waals surface area contributed by atoms with E-state index in [1.165, 1.54) is 6.07 Å². The normalized spacial score (nSPS) is 11.2. The van der Waals surface area contributed by atoms with Crippen LogP contribution in [0.4, 0.5) is 0 Å². The maximum Gasteiger partial charge on any atom is 0.336 e. The predicted octanol–water partition coefficient (Wildman–Crippen LogP) is 7.53. The van der Waals surface area contributed by atoms with E-state index in [0.29, 0.717) is 33.2 Å². The molecule has 0 aliphatic rings. The second kappa shape index (κ2) is 9.95. The first kappa shape index (κ1) is 24.3. The molecule has 2 heterocycles. The number of ether oxygens (including phenoxy) is 2. The van der Waals surface area contributed by atoms with Crippen molar-refractivity contribution in [1.82, 2.24) is 15.0 Å². The van der Waals surface area contributed by atoms with Crippen molar-refractivity contribution in [3.63, 3.8) is 0 Å². The third-order valence-electron chi connectivity index (χ3n) is 5.78. The highest BCUT2D eigenvalue weighted by Crippen LogP contribution is 2.32. The van der Waals surface area contributed by atoms with Gasteiger partial charge in [0, 0.05) is 5.56 Å². The third-order valence-corrected chi connectivity index (χ3v) is 6.06. The number of nitrogens with zero attached hydrogens (tertiary/aromatic N) is 2. The number of aromatic nitrogens is 3. The minimum Gasteiger partial charge on any atom is -0.491 e. The molecule has 0 unspecified atom stereocenters. The summed E-state index contributed by atoms with van der Waals surface area (Å²) in [6.45, 7) is 5.73. The zero-order chi connectivity index (χ0) is 26.1. The zero-order valence-corrected chi connectivity index (χ0v) is 21.2. The summed E-state index contributed by atoms with van der Waals surface area (Å²) < 4.78 is 11.5. The van der Waals surface area contributed by atoms with E-state index in [1.54, 1.807) is 25.1 Å². The molecule has 0 fully saturated rings. The third kappa shape index (κ3) is 5.27. The van der Waals surface area contributed by atoms with Crippen LogP contribution in [-0.4, -0.2) is 32.1 Å². The van der Waals surface area contributed by atoms with Gasteiger partial charge in [-0.05, 0) is 67.8 Å². The van der Waals surface area contributed by atoms with Crippen LogP contribution in [0.5, 0.6) is 17.5 Å². The largest absolute Gasteiger partial charge is 0.491 e. The Morgan fingerprint density at radius 3 is 2.16 bits per heavy atom. The van der Waals surface area contributed by atoms with Crippen LogP contribution in [0.2, 0.25) is 5.02 Å². The second-order valence-electron chi connectivity index (χ2n) is 8.88. The molecular weight excluding hydrogens is 490 g/mol. The molecule has 0 aliphatic carbocycles. The molecule has 2 N–H and O–H groups in total. The van der Waals surface area contributed by atoms with Gasteiger partial charge in [-0.2, -0.15) is 4.98 Å². The molecule has 0 bridgehead atoms. The number of carboxylic acid groups (broad SMARTS) is 1. The van der Waals surface area contributed by atoms with Crippen molar-refractivity contribution in [3.05, 3.63) is 88.9 Å². The summed E-state index contributed by atoms with van der Waals surface area (Å²) in [6, 6.07) is 22.7. The van der Waals surface area contributed by atoms with E-state index in [1.807, 2.05) is 62.4 Å². The van der Waals surface area contributed by atoms with Crippen LogP contribution in [0.3, 0.4) is 0 Å². The number of imidazole rings is 1. The number of carboxylic acids is 1. The molecule has 0 spiro atoms. The molecule has 7 nitrogen and oxygen atoms in total. The van der Waals surface area contributed by atoms with Gasteiger partial charge in [-0.1, -0.05) is 54.1 Å². The number of hydrogen-bond acceptors (Lipinski definition) is 5. The van der Waals surface area contributed by atoms with E-state index in [0.717, 1.165) is 22.4 Å². The maximum absolute atomic E-state index is 11.4. The van der Waals surface area contributed by atoms with Crippen molar-refractivity contribution in [3.8, 4) is 39.9 Å². The van der Waals surface area contributed by atoms with Gasteiger partial charge in [0.2, 0.25) is 0 Å². The lowest BCUT2D eigenvalue weighted by molar-refractivity contribution is 0.0695. The first-order valence-corrected chi connectivity index (χ1v) is 12.1. The number of halogens is 1. The number of aryl methyl sites for hydroxylation is 1. The summed E-state index contributed by atoms with van der Waals surface area (Å²) in [7, 11) is 0. The summed E-state index contributed by atoms with van der Waals surface area (Å²) in [5.74, 6) is 0.174. The predicted molar refractivity (Wildman–Crippen MR) is 144 cm³/mol. The van der Waals surface area contributed by atoms with Crippen LogP contribution >= 0.6 is 11.6 Å². The Bertz CT molecular complexity index is 1590. The number of pyridine rings is 1. The zero-order valence-electron chi connectivity index (χ0n) is 20.4. The van der Waals surface area contributed by atoms with Gasteiger partial charge in [0.25, 0.3) is 0 Å². The highest BCUT2D eigenvalue weighted by atomic mass is 35.5. The Hall–Kier alpha value is -4.36. The summed E-state index contributed by atoms with van der Waals surface area (Å²) in [5.41, 5.74) is 5.44. The number of rotatable bonds is 7. The lowest BCUT2D eigenvalue weighted by Gasteiger charge is -2.10. The van der Waals surface area contributed by atoms with Gasteiger partial charge < -0.3 is 19.6 Å². The molecule has 3 aromatic carbocycles. The number of aromatic amines is 1. The molecule has 0 radical (unpaired) electrons. The number of hydrogen-bond donors (Lipinski definition) is 2. The Labute approximate surface area is 218 Å². The van der Waals surface area contributed by atoms with Crippen molar-refractivity contribution >= 4 is 28.7 Å². The van der Waals surface area contributed by atoms with Gasteiger partial charge in [-0.3, -0.25) is 0 Å². The molecule has 37 heavy (non-hydrogen) atoms. The van der Waals surface area contributed by atoms with Crippen LogP contribution < -0.4 is 9.47 Å². The van der Waals surface area contributed by atoms with E-state index in [9.17, 15) is 9.90 Å². The number of nitrogens with one attached hydrogen (secondary N) is 1. The highest BCUT2D eigenvalue weighted by molar-refractivity contribution is 6.33. The van der Waals surface area contributed by atoms with Crippen molar-refractivity contribution in [1.29, 1.82) is 0 Å². The maximum atomic E-state index is 11.4. The standard InChI is InChI=1S/C29H24ClN3O4/c1-16(2)36-21-12-9-19(10-13-21)18-5-7-20(8-6-18)26-24(30)15-25-27(32-26)33-29(31-25)37-22-11-4-17(3)23(14-22)28(34)35/h4-16H,1-3H3,(H,34,35)(H,31,32,33). The molecule has 0 saturated heterocycles. The van der Waals surface area contributed by atoms with Crippen molar-refractivity contribution < 1.29 is 19.4 Å². The van der Waals surface area contributed by atoms with Crippen molar-refractivity contribution in [2.45, 2.75) is 26.9 Å². The smallest absolute Gasteiger partial charge is 0.336 e. The number of fused-ring (bicyclic) bond motifs is 1. The first-order valence-electron chi connectivity index (χ1n) is 11.7. The van der Waals surface area contributed by atoms with E-state index >= 15 is 0 Å². The van der Waals surface area contributed by atoms with Gasteiger partial charge in [0.05, 0.1) is 27.9 Å². The summed E-state index contributed by atoms with van der Waals surface area (Å²) in [5, 5.41) is 9.82. The Morgan fingerprint density at radius 2 is 1.51 bits per heavy atom. The Balaban J connectivity index is 1.39. The number of carbonyl (C=O) groups is 1. The second-order valence-corrected chi connectivity index (χ2v) is 9.29. The van der Waals surface area contributed by atoms with E-state index in [2.05, 4.69) is 15.0 Å². The quantitative estimate of drug-likeness (QED) is 0.233. The van der Waals surface area contributed by atoms with Crippen LogP contribution in [0, 0.1) is 6.92 Å². The minimum absolute atomic E-state index is 0.129. The molecule has 5 rings (SSSR count). The molecular formula is C29H24ClN3O4. The van der Waals surface area contributed by atoms with Gasteiger partial charge in [0.15, 0.2) is 5.65 Å². The first-order chi connectivity index (χ1) is 17.8. The van der Waals surface area contributed by atoms with Crippen LogP contribution in [-0.2, 0) is 0 Å². The topological polar surface area (TPSA) is 97.3 Å². The van der Waals surface area contributed by atoms with Crippen LogP contribution in [0.1, 0.15) is 29.8 Å². The van der Waals surface area contributed by atoms with Gasteiger partial charge in [-0.15, -0.1) is 0 Å². The highest BCUT2D eigenvalue weighted by Gasteiger charge is 2.14. The number of H-pyrrole nitrogens is 1. The molecule has 2 aromatic heterocycles. The van der Waals surface area contributed by atoms with E-state index in [-0.39, 0.29) is 17.7 Å². The SMILES string of the molecule is Cc1ccc(Oc2nc3nc(-c4ccc(-c5ccc(OC(C)C)cc5)cc4)c(Cl)cc3[nH]2)cc1C(=O)O. The van der Waals surface area contributed by atoms with Gasteiger partial charge >= 0.3 is 12.0 Å². The molecule has 0 atom stereocenters. The lowest BCUT2D eigenvalue weighted by atomic mass is 10.0. The number of aromatic carboxylic acids is 1. The summed E-state index contributed by atoms with van der Waals surface area (Å²) in [6.07, 6.45) is 0.129. The minimum atomic E-state index is -1.02. The number of benzene rings is 3. The monoisotopic (exact) mass is 513 g/mol. The average Bonchev–Trinajstić information content (AvgIpc) is 3.25. The molecule has 0 aliphatic heterocycles. The molecule has 186 valence electrons. The average molecular weight is 514 g/mol. The van der Waals surface area contributed by atoms with Crippen molar-refractivity contribution in [2.24, 2.45) is 0 Å². The fourth-order valence-corrected chi connectivity index (χ4v) is 4.23. The van der Waals surface area contributed by atoms with Crippen LogP contribution in [0.15, 0.2) is 72.8 Å². The molecule has 0 amide bonds. The van der Waals surface area contributed by atoms with Crippen LogP contribution in [0.25, 0.3) is 33.5 Å². The fourth-order valence-electron chi connectivity index (χ4n) is 3.97. The molecule has 8 heteroatoms. The van der Waals surface area contributed by atoms with E-state index < -0.39 is 5.97 Å². The molecule has 5 aromatic rings.